The Morgan fingerprint density at radius 1 is 0.930 bits per heavy atom. The molecular formula is C39H54IrNO2-. The third-order valence-corrected chi connectivity index (χ3v) is 9.26. The largest absolute Gasteiger partial charge is 0.512 e. The number of nitrogens with zero attached hydrogens (tertiary/aromatic N) is 1. The van der Waals surface area contributed by atoms with Gasteiger partial charge in [0.25, 0.3) is 0 Å². The number of ketones is 1. The van der Waals surface area contributed by atoms with Gasteiger partial charge < -0.3 is 5.11 Å². The molecule has 1 saturated carbocycles. The summed E-state index contributed by atoms with van der Waals surface area (Å²) in [5.41, 5.74) is 7.18. The topological polar surface area (TPSA) is 50.2 Å². The quantitative estimate of drug-likeness (QED) is 0.120. The minimum Gasteiger partial charge on any atom is -0.512 e. The number of hydrogen-bond donors (Lipinski definition) is 1. The predicted molar refractivity (Wildman–Crippen MR) is 179 cm³/mol. The summed E-state index contributed by atoms with van der Waals surface area (Å²) >= 11 is 0. The van der Waals surface area contributed by atoms with Crippen molar-refractivity contribution in [3.8, 4) is 11.3 Å². The molecule has 1 aromatic heterocycles. The second-order valence-corrected chi connectivity index (χ2v) is 12.4. The van der Waals surface area contributed by atoms with Crippen LogP contribution in [0.15, 0.2) is 54.3 Å². The molecule has 0 unspecified atom stereocenters. The molecule has 0 saturated heterocycles. The third kappa shape index (κ3) is 10.4. The standard InChI is InChI=1S/C26H30N.C13H24O2.Ir/c1-4-6-20-9-11-21(12-10-20)23-7-5-8-26-24(23)13-14-25(27-26)22-16-18(2)15-19(3)17-22;1-5-10(6-2)12(14)9-13(15)11(7-3)8-4;/h5,7-8,13-16,20-21H,4,6,9-12H2,1-3H3;9-11,14H,5-8H2,1-4H3;/q-1;;/b;12-9-;. The van der Waals surface area contributed by atoms with Crippen LogP contribution in [0.3, 0.4) is 0 Å². The summed E-state index contributed by atoms with van der Waals surface area (Å²) in [6, 6.07) is 19.0. The van der Waals surface area contributed by atoms with E-state index < -0.39 is 0 Å². The molecule has 3 nitrogen and oxygen atoms in total. The van der Waals surface area contributed by atoms with Gasteiger partial charge in [-0.1, -0.05) is 85.6 Å². The molecule has 1 aliphatic rings. The summed E-state index contributed by atoms with van der Waals surface area (Å²) < 4.78 is 0. The molecular weight excluding hydrogens is 707 g/mol. The zero-order valence-corrected chi connectivity index (χ0v) is 30.0. The number of aliphatic hydroxyl groups is 1. The van der Waals surface area contributed by atoms with Gasteiger partial charge in [-0.15, -0.1) is 34.9 Å². The molecule has 4 heteroatoms. The number of carbonyl (C=O) groups is 1. The molecule has 43 heavy (non-hydrogen) atoms. The summed E-state index contributed by atoms with van der Waals surface area (Å²) in [6.07, 6.45) is 13.1. The van der Waals surface area contributed by atoms with Gasteiger partial charge in [0.15, 0.2) is 5.78 Å². The van der Waals surface area contributed by atoms with E-state index in [1.165, 1.54) is 66.7 Å². The first-order valence-electron chi connectivity index (χ1n) is 16.6. The monoisotopic (exact) mass is 761 g/mol. The molecule has 1 aliphatic carbocycles. The molecule has 0 spiro atoms. The van der Waals surface area contributed by atoms with Gasteiger partial charge in [0.1, 0.15) is 0 Å². The van der Waals surface area contributed by atoms with Crippen molar-refractivity contribution in [3.63, 3.8) is 0 Å². The summed E-state index contributed by atoms with van der Waals surface area (Å²) in [6.45, 7) is 14.6. The molecule has 0 amide bonds. The molecule has 2 aromatic carbocycles. The average Bonchev–Trinajstić information content (AvgIpc) is 2.98. The Balaban J connectivity index is 0.000000348. The fourth-order valence-electron chi connectivity index (χ4n) is 6.67. The van der Waals surface area contributed by atoms with Gasteiger partial charge in [-0.05, 0) is 80.5 Å². The number of hydrogen-bond acceptors (Lipinski definition) is 3. The van der Waals surface area contributed by atoms with E-state index in [0.717, 1.165) is 48.4 Å². The van der Waals surface area contributed by atoms with E-state index in [4.69, 9.17) is 4.98 Å². The number of carbonyl (C=O) groups excluding carboxylic acids is 1. The van der Waals surface area contributed by atoms with Crippen molar-refractivity contribution < 1.29 is 30.0 Å². The second-order valence-electron chi connectivity index (χ2n) is 12.4. The zero-order valence-electron chi connectivity index (χ0n) is 27.6. The molecule has 1 heterocycles. The molecule has 4 rings (SSSR count). The maximum atomic E-state index is 11.7. The smallest absolute Gasteiger partial charge is 0.162 e. The van der Waals surface area contributed by atoms with Crippen LogP contribution in [0.2, 0.25) is 0 Å². The van der Waals surface area contributed by atoms with Crippen molar-refractivity contribution >= 4 is 16.7 Å². The van der Waals surface area contributed by atoms with Crippen LogP contribution in [0.5, 0.6) is 0 Å². The zero-order chi connectivity index (χ0) is 30.6. The summed E-state index contributed by atoms with van der Waals surface area (Å²) in [5.74, 6) is 2.19. The summed E-state index contributed by atoms with van der Waals surface area (Å²) in [7, 11) is 0. The SMILES string of the molecule is CCC(CC)C(=O)/C=C(\O)C(CC)CC.CCCC1CCC(c2cccc3nc(-c4[c-]c(C)cc(C)c4)ccc23)CC1.[Ir]. The Bertz CT molecular complexity index is 1290. The Morgan fingerprint density at radius 2 is 1.58 bits per heavy atom. The molecule has 1 N–H and O–H groups in total. The molecule has 1 fully saturated rings. The Morgan fingerprint density at radius 3 is 2.16 bits per heavy atom. The van der Waals surface area contributed by atoms with Crippen LogP contribution in [0.1, 0.15) is 121 Å². The van der Waals surface area contributed by atoms with Gasteiger partial charge in [0.2, 0.25) is 0 Å². The molecule has 1 radical (unpaired) electrons. The van der Waals surface area contributed by atoms with E-state index in [2.05, 4.69) is 69.3 Å². The van der Waals surface area contributed by atoms with E-state index >= 15 is 0 Å². The Hall–Kier alpha value is -2.29. The normalized spacial score (nSPS) is 17.0. The molecule has 237 valence electrons. The van der Waals surface area contributed by atoms with Crippen molar-refractivity contribution in [3.05, 3.63) is 77.1 Å². The first-order valence-corrected chi connectivity index (χ1v) is 16.6. The number of aromatic nitrogens is 1. The van der Waals surface area contributed by atoms with E-state index in [0.29, 0.717) is 5.92 Å². The van der Waals surface area contributed by atoms with Crippen molar-refractivity contribution in [1.82, 2.24) is 4.98 Å². The predicted octanol–water partition coefficient (Wildman–Crippen LogP) is 11.3. The van der Waals surface area contributed by atoms with Crippen molar-refractivity contribution in [2.24, 2.45) is 17.8 Å². The number of benzene rings is 2. The van der Waals surface area contributed by atoms with Gasteiger partial charge in [-0.2, -0.15) is 0 Å². The number of allylic oxidation sites excluding steroid dienone is 2. The summed E-state index contributed by atoms with van der Waals surface area (Å²) in [5, 5.41) is 11.1. The van der Waals surface area contributed by atoms with Crippen LogP contribution in [0.4, 0.5) is 0 Å². The first kappa shape index (κ1) is 36.9. The molecule has 0 bridgehead atoms. The van der Waals surface area contributed by atoms with E-state index in [-0.39, 0.29) is 43.5 Å². The molecule has 0 atom stereocenters. The maximum Gasteiger partial charge on any atom is 0.162 e. The van der Waals surface area contributed by atoms with Gasteiger partial charge in [0.05, 0.1) is 11.3 Å². The first-order chi connectivity index (χ1) is 20.2. The van der Waals surface area contributed by atoms with Crippen molar-refractivity contribution in [2.45, 2.75) is 119 Å². The maximum absolute atomic E-state index is 11.7. The van der Waals surface area contributed by atoms with Crippen LogP contribution in [-0.2, 0) is 24.9 Å². The average molecular weight is 761 g/mol. The number of aliphatic hydroxyl groups excluding tert-OH is 1. The molecule has 0 aliphatic heterocycles. The number of pyridine rings is 1. The van der Waals surface area contributed by atoms with Gasteiger partial charge in [-0.3, -0.25) is 9.78 Å². The number of fused-ring (bicyclic) bond motifs is 1. The van der Waals surface area contributed by atoms with E-state index in [1.54, 1.807) is 0 Å². The third-order valence-electron chi connectivity index (χ3n) is 9.26. The fourth-order valence-corrected chi connectivity index (χ4v) is 6.67. The Labute approximate surface area is 275 Å². The summed E-state index contributed by atoms with van der Waals surface area (Å²) in [4.78, 5) is 16.7. The van der Waals surface area contributed by atoms with E-state index in [1.807, 2.05) is 27.7 Å². The van der Waals surface area contributed by atoms with Crippen molar-refractivity contribution in [1.29, 1.82) is 0 Å². The second kappa shape index (κ2) is 18.5. The van der Waals surface area contributed by atoms with E-state index in [9.17, 15) is 9.90 Å². The minimum atomic E-state index is 0. The minimum absolute atomic E-state index is 0. The van der Waals surface area contributed by atoms with Gasteiger partial charge in [0, 0.05) is 43.4 Å². The number of aryl methyl sites for hydroxylation is 2. The van der Waals surface area contributed by atoms with Crippen LogP contribution in [-0.4, -0.2) is 15.9 Å². The molecule has 3 aromatic rings. The number of rotatable bonds is 11. The van der Waals surface area contributed by atoms with Gasteiger partial charge in [-0.25, -0.2) is 0 Å². The van der Waals surface area contributed by atoms with Gasteiger partial charge >= 0.3 is 0 Å². The van der Waals surface area contributed by atoms with Crippen molar-refractivity contribution in [2.75, 3.05) is 0 Å². The fraction of sp³-hybridized carbons (Fsp3) is 0.538. The van der Waals surface area contributed by atoms with Crippen LogP contribution >= 0.6 is 0 Å². The van der Waals surface area contributed by atoms with Crippen LogP contribution in [0, 0.1) is 37.7 Å². The van der Waals surface area contributed by atoms with Crippen LogP contribution in [0.25, 0.3) is 22.2 Å². The van der Waals surface area contributed by atoms with Crippen LogP contribution < -0.4 is 0 Å². The Kier molecular flexibility index (Phi) is 15.9.